The van der Waals surface area contributed by atoms with Crippen LogP contribution in [0.25, 0.3) is 21.8 Å². The van der Waals surface area contributed by atoms with E-state index in [0.29, 0.717) is 26.4 Å². The quantitative estimate of drug-likeness (QED) is 0.211. The molecular formula is C31H36N4O4. The number of ether oxygens (including phenoxy) is 4. The summed E-state index contributed by atoms with van der Waals surface area (Å²) in [6, 6.07) is 16.5. The minimum atomic E-state index is -0.214. The van der Waals surface area contributed by atoms with Gasteiger partial charge in [0, 0.05) is 83.7 Å². The van der Waals surface area contributed by atoms with Crippen LogP contribution in [0.5, 0.6) is 0 Å². The van der Waals surface area contributed by atoms with Crippen molar-refractivity contribution in [2.45, 2.75) is 38.3 Å². The Balaban J connectivity index is 0.854. The fourth-order valence-corrected chi connectivity index (χ4v) is 5.18. The van der Waals surface area contributed by atoms with Gasteiger partial charge in [-0.3, -0.25) is 9.98 Å². The Bertz CT molecular complexity index is 1300. The van der Waals surface area contributed by atoms with E-state index in [4.69, 9.17) is 18.9 Å². The van der Waals surface area contributed by atoms with E-state index < -0.39 is 0 Å². The predicted octanol–water partition coefficient (Wildman–Crippen LogP) is 5.48. The summed E-state index contributed by atoms with van der Waals surface area (Å²) in [6.45, 7) is 3.87. The summed E-state index contributed by atoms with van der Waals surface area (Å²) in [7, 11) is 0. The Morgan fingerprint density at radius 1 is 0.667 bits per heavy atom. The Kier molecular flexibility index (Phi) is 8.16. The number of rotatable bonds is 10. The molecular weight excluding hydrogens is 492 g/mol. The molecule has 1 spiro atoms. The van der Waals surface area contributed by atoms with Gasteiger partial charge in [0.1, 0.15) is 0 Å². The Morgan fingerprint density at radius 2 is 1.10 bits per heavy atom. The van der Waals surface area contributed by atoms with Crippen LogP contribution in [0.1, 0.15) is 36.8 Å². The molecule has 0 atom stereocenters. The average molecular weight is 529 g/mol. The highest BCUT2D eigenvalue weighted by atomic mass is 16.7. The Morgan fingerprint density at radius 3 is 1.56 bits per heavy atom. The van der Waals surface area contributed by atoms with E-state index in [2.05, 4.69) is 44.2 Å². The topological polar surface area (TPSA) is 93.2 Å². The van der Waals surface area contributed by atoms with Crippen LogP contribution in [-0.4, -0.2) is 74.5 Å². The fourth-order valence-electron chi connectivity index (χ4n) is 5.18. The summed E-state index contributed by atoms with van der Waals surface area (Å²) >= 11 is 0. The molecule has 2 aromatic heterocycles. The maximum Gasteiger partial charge on any atom is 0.157 e. The van der Waals surface area contributed by atoms with Gasteiger partial charge < -0.3 is 28.9 Å². The summed E-state index contributed by atoms with van der Waals surface area (Å²) in [6.07, 6.45) is 11.0. The first kappa shape index (κ1) is 26.0. The van der Waals surface area contributed by atoms with E-state index in [0.717, 1.165) is 60.9 Å². The van der Waals surface area contributed by atoms with Crippen LogP contribution in [0.4, 0.5) is 0 Å². The van der Waals surface area contributed by atoms with Crippen LogP contribution in [0.15, 0.2) is 70.9 Å². The molecule has 8 nitrogen and oxygen atoms in total. The molecule has 2 saturated heterocycles. The van der Waals surface area contributed by atoms with Gasteiger partial charge in [0.2, 0.25) is 0 Å². The summed E-state index contributed by atoms with van der Waals surface area (Å²) in [5.74, 6) is 0. The second-order valence-electron chi connectivity index (χ2n) is 10.5. The summed E-state index contributed by atoms with van der Waals surface area (Å²) in [4.78, 5) is 15.7. The molecule has 0 saturated carbocycles. The molecule has 4 heterocycles. The predicted molar refractivity (Wildman–Crippen MR) is 154 cm³/mol. The van der Waals surface area contributed by atoms with E-state index in [1.807, 2.05) is 49.1 Å². The number of nitrogens with one attached hydrogen (secondary N) is 2. The van der Waals surface area contributed by atoms with E-state index in [9.17, 15) is 0 Å². The highest BCUT2D eigenvalue weighted by Crippen LogP contribution is 2.32. The standard InChI is InChI=1S/C31H36N4O4/c1-3-9-27-25(7-1)23(17-34-27)15-32-13-5-11-29-36-19-31(20-37-29)21-38-30(39-22-31)12-6-14-33-16-24-18-35-28-10-4-2-8-26(24)28/h1-4,7-10,15-18,29-30,34-35H,5-6,11-14,19-22H2. The lowest BCUT2D eigenvalue weighted by molar-refractivity contribution is -0.304. The van der Waals surface area contributed by atoms with Crippen molar-refractivity contribution in [3.63, 3.8) is 0 Å². The van der Waals surface area contributed by atoms with Gasteiger partial charge in [0.05, 0.1) is 31.8 Å². The summed E-state index contributed by atoms with van der Waals surface area (Å²) in [5, 5.41) is 2.39. The van der Waals surface area contributed by atoms with Crippen LogP contribution in [0.3, 0.4) is 0 Å². The normalized spacial score (nSPS) is 24.1. The number of benzene rings is 2. The van der Waals surface area contributed by atoms with E-state index in [-0.39, 0.29) is 18.0 Å². The van der Waals surface area contributed by atoms with Crippen molar-refractivity contribution in [3.8, 4) is 0 Å². The zero-order valence-corrected chi connectivity index (χ0v) is 22.2. The third-order valence-corrected chi connectivity index (χ3v) is 7.46. The molecule has 2 fully saturated rings. The zero-order chi connectivity index (χ0) is 26.3. The van der Waals surface area contributed by atoms with Gasteiger partial charge in [-0.05, 0) is 25.0 Å². The highest BCUT2D eigenvalue weighted by molar-refractivity contribution is 5.99. The van der Waals surface area contributed by atoms with Crippen LogP contribution < -0.4 is 0 Å². The third kappa shape index (κ3) is 6.31. The first-order valence-corrected chi connectivity index (χ1v) is 13.9. The highest BCUT2D eigenvalue weighted by Gasteiger charge is 2.41. The molecule has 204 valence electrons. The zero-order valence-electron chi connectivity index (χ0n) is 22.2. The third-order valence-electron chi connectivity index (χ3n) is 7.46. The van der Waals surface area contributed by atoms with Gasteiger partial charge in [0.15, 0.2) is 12.6 Å². The number of nitrogens with zero attached hydrogens (tertiary/aromatic N) is 2. The molecule has 0 bridgehead atoms. The lowest BCUT2D eigenvalue weighted by Gasteiger charge is -2.43. The Hall–Kier alpha value is -3.30. The van der Waals surface area contributed by atoms with E-state index in [1.54, 1.807) is 0 Å². The van der Waals surface area contributed by atoms with Crippen molar-refractivity contribution in [1.29, 1.82) is 0 Å². The van der Waals surface area contributed by atoms with Crippen LogP contribution >= 0.6 is 0 Å². The minimum absolute atomic E-state index is 0.188. The van der Waals surface area contributed by atoms with Gasteiger partial charge in [-0.2, -0.15) is 0 Å². The van der Waals surface area contributed by atoms with Crippen molar-refractivity contribution < 1.29 is 18.9 Å². The average Bonchev–Trinajstić information content (AvgIpc) is 3.59. The molecule has 2 N–H and O–H groups in total. The number of H-pyrrole nitrogens is 2. The number of aliphatic imine (C=N–C) groups is 2. The van der Waals surface area contributed by atoms with Gasteiger partial charge in [-0.15, -0.1) is 0 Å². The van der Waals surface area contributed by atoms with Gasteiger partial charge in [0.25, 0.3) is 0 Å². The van der Waals surface area contributed by atoms with Crippen LogP contribution in [0.2, 0.25) is 0 Å². The summed E-state index contributed by atoms with van der Waals surface area (Å²) in [5.41, 5.74) is 4.28. The van der Waals surface area contributed by atoms with Crippen LogP contribution in [-0.2, 0) is 18.9 Å². The molecule has 0 radical (unpaired) electrons. The molecule has 0 amide bonds. The maximum absolute atomic E-state index is 6.03. The lowest BCUT2D eigenvalue weighted by atomic mass is 9.90. The van der Waals surface area contributed by atoms with Gasteiger partial charge in [-0.25, -0.2) is 0 Å². The van der Waals surface area contributed by atoms with Crippen LogP contribution in [0, 0.1) is 5.41 Å². The monoisotopic (exact) mass is 528 g/mol. The number of aromatic nitrogens is 2. The smallest absolute Gasteiger partial charge is 0.157 e. The first-order valence-electron chi connectivity index (χ1n) is 13.9. The molecule has 2 aliphatic rings. The van der Waals surface area contributed by atoms with Gasteiger partial charge >= 0.3 is 0 Å². The van der Waals surface area contributed by atoms with Crippen molar-refractivity contribution in [3.05, 3.63) is 72.1 Å². The Labute approximate surface area is 228 Å². The number of aromatic amines is 2. The van der Waals surface area contributed by atoms with Gasteiger partial charge in [-0.1, -0.05) is 36.4 Å². The molecule has 2 aromatic carbocycles. The lowest BCUT2D eigenvalue weighted by Crippen LogP contribution is -2.52. The largest absolute Gasteiger partial charge is 0.361 e. The molecule has 2 aliphatic heterocycles. The number of hydrogen-bond acceptors (Lipinski definition) is 6. The molecule has 8 heteroatoms. The van der Waals surface area contributed by atoms with Crippen molar-refractivity contribution >= 4 is 34.2 Å². The van der Waals surface area contributed by atoms with Crippen molar-refractivity contribution in [1.82, 2.24) is 9.97 Å². The van der Waals surface area contributed by atoms with E-state index >= 15 is 0 Å². The first-order chi connectivity index (χ1) is 19.3. The number of hydrogen-bond donors (Lipinski definition) is 2. The second kappa shape index (κ2) is 12.3. The number of fused-ring (bicyclic) bond motifs is 2. The SMILES string of the molecule is C(=NCCCC1OCC2(CO1)COC(CCCN=Cc1c[nH]c3ccccc13)OC2)c1c[nH]c2ccccc12. The molecule has 4 aromatic rings. The second-order valence-corrected chi connectivity index (χ2v) is 10.5. The maximum atomic E-state index is 6.03. The molecule has 6 rings (SSSR count). The summed E-state index contributed by atoms with van der Waals surface area (Å²) < 4.78 is 24.1. The fraction of sp³-hybridized carbons (Fsp3) is 0.419. The molecule has 0 unspecified atom stereocenters. The van der Waals surface area contributed by atoms with Crippen molar-refractivity contribution in [2.75, 3.05) is 39.5 Å². The number of para-hydroxylation sites is 2. The van der Waals surface area contributed by atoms with Crippen molar-refractivity contribution in [2.24, 2.45) is 15.4 Å². The molecule has 0 aliphatic carbocycles. The van der Waals surface area contributed by atoms with E-state index in [1.165, 1.54) is 10.8 Å². The molecule has 39 heavy (non-hydrogen) atoms. The minimum Gasteiger partial charge on any atom is -0.361 e.